The van der Waals surface area contributed by atoms with Crippen LogP contribution in [0, 0.1) is 5.41 Å². The standard InChI is InChI=1S/C14H23N5O/c1-20-7-6-14(4-5-14)9-16-11-8-12(19-15)18-13(17-11)10-2-3-10/h8,10H,2-7,9,15H2,1H3,(H2,16,17,18,19). The number of hydrogen-bond acceptors (Lipinski definition) is 6. The number of methoxy groups -OCH3 is 1. The molecule has 0 aromatic carbocycles. The number of nitrogens with two attached hydrogens (primary N) is 1. The van der Waals surface area contributed by atoms with Gasteiger partial charge in [0, 0.05) is 32.2 Å². The molecular weight excluding hydrogens is 254 g/mol. The minimum Gasteiger partial charge on any atom is -0.385 e. The van der Waals surface area contributed by atoms with Crippen LogP contribution in [0.1, 0.15) is 43.8 Å². The Morgan fingerprint density at radius 2 is 2.10 bits per heavy atom. The molecule has 1 aromatic heterocycles. The number of nitrogens with one attached hydrogen (secondary N) is 2. The lowest BCUT2D eigenvalue weighted by atomic mass is 10.0. The Morgan fingerprint density at radius 1 is 1.35 bits per heavy atom. The highest BCUT2D eigenvalue weighted by Gasteiger charge is 2.41. The molecule has 0 bridgehead atoms. The van der Waals surface area contributed by atoms with Crippen molar-refractivity contribution in [1.29, 1.82) is 0 Å². The van der Waals surface area contributed by atoms with E-state index in [2.05, 4.69) is 20.7 Å². The van der Waals surface area contributed by atoms with Gasteiger partial charge in [-0.3, -0.25) is 0 Å². The molecule has 110 valence electrons. The molecule has 1 aromatic rings. The van der Waals surface area contributed by atoms with Crippen molar-refractivity contribution < 1.29 is 4.74 Å². The maximum absolute atomic E-state index is 5.48. The van der Waals surface area contributed by atoms with Crippen molar-refractivity contribution in [2.45, 2.75) is 38.0 Å². The monoisotopic (exact) mass is 277 g/mol. The Morgan fingerprint density at radius 3 is 2.70 bits per heavy atom. The lowest BCUT2D eigenvalue weighted by Crippen LogP contribution is -2.19. The highest BCUT2D eigenvalue weighted by molar-refractivity contribution is 5.47. The van der Waals surface area contributed by atoms with Crippen LogP contribution in [0.4, 0.5) is 11.6 Å². The van der Waals surface area contributed by atoms with Crippen LogP contribution in [0.2, 0.25) is 0 Å². The minimum absolute atomic E-state index is 0.400. The van der Waals surface area contributed by atoms with Crippen LogP contribution in [0.25, 0.3) is 0 Å². The van der Waals surface area contributed by atoms with Crippen LogP contribution < -0.4 is 16.6 Å². The summed E-state index contributed by atoms with van der Waals surface area (Å²) in [6.45, 7) is 1.77. The number of nitrogens with zero attached hydrogens (tertiary/aromatic N) is 2. The van der Waals surface area contributed by atoms with E-state index in [-0.39, 0.29) is 0 Å². The van der Waals surface area contributed by atoms with Gasteiger partial charge < -0.3 is 15.5 Å². The van der Waals surface area contributed by atoms with Gasteiger partial charge in [-0.1, -0.05) is 0 Å². The Kier molecular flexibility index (Phi) is 3.76. The first-order valence-electron chi connectivity index (χ1n) is 7.33. The van der Waals surface area contributed by atoms with Gasteiger partial charge >= 0.3 is 0 Å². The molecule has 2 aliphatic carbocycles. The summed E-state index contributed by atoms with van der Waals surface area (Å²) in [5.41, 5.74) is 3.03. The highest BCUT2D eigenvalue weighted by atomic mass is 16.5. The number of ether oxygens (including phenoxy) is 1. The summed E-state index contributed by atoms with van der Waals surface area (Å²) in [4.78, 5) is 9.02. The molecule has 0 unspecified atom stereocenters. The molecule has 0 spiro atoms. The summed E-state index contributed by atoms with van der Waals surface area (Å²) in [6.07, 6.45) is 6.02. The van der Waals surface area contributed by atoms with Gasteiger partial charge in [0.2, 0.25) is 0 Å². The van der Waals surface area contributed by atoms with E-state index in [1.807, 2.05) is 6.07 Å². The molecule has 4 N–H and O–H groups in total. The fourth-order valence-corrected chi connectivity index (χ4v) is 2.44. The minimum atomic E-state index is 0.400. The van der Waals surface area contributed by atoms with Gasteiger partial charge in [0.15, 0.2) is 0 Å². The molecule has 2 saturated carbocycles. The maximum Gasteiger partial charge on any atom is 0.145 e. The molecule has 0 amide bonds. The molecule has 1 heterocycles. The first-order valence-corrected chi connectivity index (χ1v) is 7.33. The topological polar surface area (TPSA) is 85.1 Å². The van der Waals surface area contributed by atoms with Crippen LogP contribution >= 0.6 is 0 Å². The van der Waals surface area contributed by atoms with Crippen LogP contribution in [-0.4, -0.2) is 30.2 Å². The third-order valence-electron chi connectivity index (χ3n) is 4.27. The molecule has 20 heavy (non-hydrogen) atoms. The molecule has 0 radical (unpaired) electrons. The van der Waals surface area contributed by atoms with Crippen LogP contribution in [-0.2, 0) is 4.74 Å². The Bertz CT molecular complexity index is 471. The molecular formula is C14H23N5O. The third-order valence-corrected chi connectivity index (χ3v) is 4.27. The lowest BCUT2D eigenvalue weighted by molar-refractivity contribution is 0.175. The zero-order valence-corrected chi connectivity index (χ0v) is 12.0. The number of hydrogen-bond donors (Lipinski definition) is 3. The van der Waals surface area contributed by atoms with E-state index in [9.17, 15) is 0 Å². The van der Waals surface area contributed by atoms with E-state index < -0.39 is 0 Å². The van der Waals surface area contributed by atoms with Crippen molar-refractivity contribution in [3.63, 3.8) is 0 Å². The lowest BCUT2D eigenvalue weighted by Gasteiger charge is -2.16. The van der Waals surface area contributed by atoms with E-state index in [0.717, 1.165) is 31.2 Å². The van der Waals surface area contributed by atoms with Crippen molar-refractivity contribution in [1.82, 2.24) is 9.97 Å². The summed E-state index contributed by atoms with van der Waals surface area (Å²) < 4.78 is 5.19. The summed E-state index contributed by atoms with van der Waals surface area (Å²) >= 11 is 0. The average molecular weight is 277 g/mol. The smallest absolute Gasteiger partial charge is 0.145 e. The second-order valence-electron chi connectivity index (χ2n) is 6.01. The molecule has 6 heteroatoms. The van der Waals surface area contributed by atoms with Gasteiger partial charge in [0.05, 0.1) is 0 Å². The average Bonchev–Trinajstić information content (AvgIpc) is 3.38. The molecule has 0 atom stereocenters. The third kappa shape index (κ3) is 3.19. The first kappa shape index (κ1) is 13.6. The fraction of sp³-hybridized carbons (Fsp3) is 0.714. The van der Waals surface area contributed by atoms with Crippen molar-refractivity contribution in [3.8, 4) is 0 Å². The number of hydrazine groups is 1. The van der Waals surface area contributed by atoms with Crippen molar-refractivity contribution in [2.75, 3.05) is 31.0 Å². The molecule has 3 rings (SSSR count). The van der Waals surface area contributed by atoms with Crippen LogP contribution in [0.3, 0.4) is 0 Å². The Labute approximate surface area is 119 Å². The van der Waals surface area contributed by atoms with Gasteiger partial charge in [0.25, 0.3) is 0 Å². The SMILES string of the molecule is COCCC1(CNc2cc(NN)nc(C3CC3)n2)CC1. The summed E-state index contributed by atoms with van der Waals surface area (Å²) in [5.74, 6) is 8.47. The first-order chi connectivity index (χ1) is 9.74. The zero-order chi connectivity index (χ0) is 14.0. The summed E-state index contributed by atoms with van der Waals surface area (Å²) in [6, 6.07) is 1.87. The number of nitrogen functional groups attached to an aromatic ring is 1. The number of aromatic nitrogens is 2. The molecule has 0 aliphatic heterocycles. The quantitative estimate of drug-likeness (QED) is 0.497. The van der Waals surface area contributed by atoms with Gasteiger partial charge in [0.1, 0.15) is 17.5 Å². The summed E-state index contributed by atoms with van der Waals surface area (Å²) in [7, 11) is 1.76. The van der Waals surface area contributed by atoms with Gasteiger partial charge in [-0.25, -0.2) is 15.8 Å². The second kappa shape index (κ2) is 5.54. The van der Waals surface area contributed by atoms with Crippen molar-refractivity contribution >= 4 is 11.6 Å². The van der Waals surface area contributed by atoms with Gasteiger partial charge in [-0.05, 0) is 37.5 Å². The fourth-order valence-electron chi connectivity index (χ4n) is 2.44. The van der Waals surface area contributed by atoms with E-state index in [0.29, 0.717) is 17.2 Å². The molecule has 0 saturated heterocycles. The zero-order valence-electron chi connectivity index (χ0n) is 12.0. The normalized spacial score (nSPS) is 19.7. The van der Waals surface area contributed by atoms with E-state index >= 15 is 0 Å². The van der Waals surface area contributed by atoms with Gasteiger partial charge in [-0.15, -0.1) is 0 Å². The number of rotatable bonds is 8. The van der Waals surface area contributed by atoms with Gasteiger partial charge in [-0.2, -0.15) is 0 Å². The summed E-state index contributed by atoms with van der Waals surface area (Å²) in [5, 5.41) is 3.45. The van der Waals surface area contributed by atoms with E-state index in [1.54, 1.807) is 7.11 Å². The Hall–Kier alpha value is -1.40. The largest absolute Gasteiger partial charge is 0.385 e. The number of anilines is 2. The van der Waals surface area contributed by atoms with E-state index in [1.165, 1.54) is 25.7 Å². The predicted molar refractivity (Wildman–Crippen MR) is 78.5 cm³/mol. The van der Waals surface area contributed by atoms with Crippen molar-refractivity contribution in [3.05, 3.63) is 11.9 Å². The molecule has 2 aliphatic rings. The molecule has 2 fully saturated rings. The molecule has 6 nitrogen and oxygen atoms in total. The van der Waals surface area contributed by atoms with Crippen LogP contribution in [0.15, 0.2) is 6.07 Å². The van der Waals surface area contributed by atoms with Crippen molar-refractivity contribution in [2.24, 2.45) is 11.3 Å². The van der Waals surface area contributed by atoms with E-state index in [4.69, 9.17) is 10.6 Å². The maximum atomic E-state index is 5.48. The van der Waals surface area contributed by atoms with Crippen LogP contribution in [0.5, 0.6) is 0 Å². The predicted octanol–water partition coefficient (Wildman–Crippen LogP) is 1.87. The Balaban J connectivity index is 1.63. The highest BCUT2D eigenvalue weighted by Crippen LogP contribution is 2.48. The second-order valence-corrected chi connectivity index (χ2v) is 6.01.